The highest BCUT2D eigenvalue weighted by Crippen LogP contribution is 2.35. The Morgan fingerprint density at radius 1 is 0.571 bits per heavy atom. The van der Waals surface area contributed by atoms with E-state index in [-0.39, 0.29) is 80.2 Å². The molecule has 3 aromatic rings. The van der Waals surface area contributed by atoms with Gasteiger partial charge in [-0.25, -0.2) is 0 Å². The van der Waals surface area contributed by atoms with Gasteiger partial charge in [-0.15, -0.1) is 0 Å². The van der Waals surface area contributed by atoms with Crippen LogP contribution in [0.5, 0.6) is 0 Å². The van der Waals surface area contributed by atoms with E-state index in [2.05, 4.69) is 59.6 Å². The van der Waals surface area contributed by atoms with Crippen LogP contribution in [0.2, 0.25) is 0 Å². The van der Waals surface area contributed by atoms with Crippen LogP contribution in [0.15, 0.2) is 84.9 Å². The first kappa shape index (κ1) is 68.3. The number of carbonyl (C=O) groups excluding carboxylic acids is 8. The molecule has 0 bridgehead atoms. The molecule has 2 aliphatic rings. The topological polar surface area (TPSA) is 234 Å². The van der Waals surface area contributed by atoms with Crippen molar-refractivity contribution in [3.63, 3.8) is 0 Å². The van der Waals surface area contributed by atoms with Crippen LogP contribution in [0.25, 0.3) is 0 Å². The molecule has 0 aromatic heterocycles. The largest absolute Gasteiger partial charge is 0.379 e. The Kier molecular flexibility index (Phi) is 25.7. The molecule has 0 unspecified atom stereocenters. The highest BCUT2D eigenvalue weighted by atomic mass is 16.5. The lowest BCUT2D eigenvalue weighted by atomic mass is 9.76. The van der Waals surface area contributed by atoms with Crippen molar-refractivity contribution in [1.82, 2.24) is 41.7 Å². The summed E-state index contributed by atoms with van der Waals surface area (Å²) in [6.45, 7) is 26.6. The number of hydrogen-bond acceptors (Lipinski definition) is 11. The summed E-state index contributed by atoms with van der Waals surface area (Å²) in [5.74, 6) is -3.32. The quantitative estimate of drug-likeness (QED) is 0.0368. The molecule has 0 aliphatic carbocycles. The molecular weight excluding hydrogens is 1060 g/mol. The summed E-state index contributed by atoms with van der Waals surface area (Å²) in [4.78, 5) is 117. The van der Waals surface area contributed by atoms with E-state index >= 15 is 0 Å². The summed E-state index contributed by atoms with van der Waals surface area (Å²) in [5, 5.41) is 18.3. The number of ether oxygens (including phenoxy) is 2. The van der Waals surface area contributed by atoms with Gasteiger partial charge in [0.05, 0.1) is 31.3 Å². The number of nitrogens with zero attached hydrogens (tertiary/aromatic N) is 2. The van der Waals surface area contributed by atoms with Crippen molar-refractivity contribution in [2.24, 2.45) is 34.5 Å². The summed E-state index contributed by atoms with van der Waals surface area (Å²) in [6.07, 6.45) is 2.38. The van der Waals surface area contributed by atoms with Crippen molar-refractivity contribution in [3.05, 3.63) is 107 Å². The predicted octanol–water partition coefficient (Wildman–Crippen LogP) is 7.73. The predicted molar refractivity (Wildman–Crippen MR) is 326 cm³/mol. The minimum Gasteiger partial charge on any atom is -0.379 e. The number of nitrogens with one attached hydrogen (secondary N) is 6. The van der Waals surface area contributed by atoms with Crippen molar-refractivity contribution < 1.29 is 47.8 Å². The average Bonchev–Trinajstić information content (AvgIpc) is 4.30. The highest BCUT2D eigenvalue weighted by molar-refractivity contribution is 5.99. The lowest BCUT2D eigenvalue weighted by Gasteiger charge is -2.36. The first-order chi connectivity index (χ1) is 39.6. The van der Waals surface area contributed by atoms with E-state index in [4.69, 9.17) is 9.47 Å². The van der Waals surface area contributed by atoms with Crippen LogP contribution in [-0.4, -0.2) is 140 Å². The van der Waals surface area contributed by atoms with Crippen LogP contribution in [0.1, 0.15) is 172 Å². The second kappa shape index (κ2) is 31.6. The SMILES string of the molecule is CC[C@@H](C)C(=O)N[C@H](C(=O)N1C[C@@H](NC(=O)c2ccc(C(=O)N[C@H]3C[C@@H](C(=O)N[C@H](COCCC(C)C)c4ccccc4)N(C(=O)[C@@H](CC(=O)[C@H](C)NC)C(C)(C)C)C3)cc2)C[C@H]1C(=O)N[C@H](COCCC(C)C)c1ccccc1)C(C)(C)C. The molecule has 10 atom stereocenters. The second-order valence-electron chi connectivity index (χ2n) is 26.1. The number of likely N-dealkylation sites (tertiary alicyclic amines) is 2. The first-order valence-corrected chi connectivity index (χ1v) is 30.3. The number of likely N-dealkylation sites (N-methyl/N-ethyl adjacent to an activating group) is 1. The van der Waals surface area contributed by atoms with Crippen molar-refractivity contribution in [3.8, 4) is 0 Å². The zero-order chi connectivity index (χ0) is 62.1. The van der Waals surface area contributed by atoms with E-state index in [9.17, 15) is 38.4 Å². The third kappa shape index (κ3) is 19.8. The number of Topliss-reactive ketones (excluding diaryl/α,β-unsaturated/α-hetero) is 1. The lowest BCUT2D eigenvalue weighted by Crippen LogP contribution is -2.58. The van der Waals surface area contributed by atoms with Gasteiger partial charge in [-0.3, -0.25) is 38.4 Å². The van der Waals surface area contributed by atoms with E-state index in [0.29, 0.717) is 31.5 Å². The Hall–Kier alpha value is -6.50. The normalized spacial score (nSPS) is 19.4. The molecule has 84 heavy (non-hydrogen) atoms. The Bertz CT molecular complexity index is 2470. The van der Waals surface area contributed by atoms with Crippen LogP contribution < -0.4 is 31.9 Å². The molecule has 3 aromatic carbocycles. The Balaban J connectivity index is 1.36. The van der Waals surface area contributed by atoms with E-state index in [1.165, 1.54) is 34.1 Å². The van der Waals surface area contributed by atoms with Crippen LogP contribution in [0, 0.1) is 34.5 Å². The van der Waals surface area contributed by atoms with Crippen LogP contribution >= 0.6 is 0 Å². The molecule has 462 valence electrons. The number of rotatable bonds is 29. The molecule has 2 aliphatic heterocycles. The minimum absolute atomic E-state index is 0.00599. The maximum atomic E-state index is 14.8. The summed E-state index contributed by atoms with van der Waals surface area (Å²) in [5.41, 5.74) is 0.707. The number of ketones is 1. The first-order valence-electron chi connectivity index (χ1n) is 30.3. The van der Waals surface area contributed by atoms with Gasteiger partial charge in [-0.05, 0) is 104 Å². The van der Waals surface area contributed by atoms with Crippen molar-refractivity contribution >= 4 is 47.1 Å². The Labute approximate surface area is 499 Å². The standard InChI is InChI=1S/C66H98N8O10/c1-15-43(6)58(76)72-57(66(11,12)13)64(82)74-38-50(35-55(74)62(80)71-53(40-84-33-31-42(4)5)46-24-20-17-21-25-46)69-60(78)48-28-26-47(27-29-48)59(77)68-49-34-54(73(37-49)63(81)51(65(8,9)10)36-56(75)44(7)67-14)61(79)70-52(39-83-32-30-41(2)3)45-22-18-16-19-23-45/h16-29,41-44,49-55,57,67H,15,30-40H2,1-14H3,(H,68,77)(H,69,78)(H,70,79)(H,71,80)(H,72,76)/t43-,44+,49+,50+,51-,52-,53-,54+,55+,57-/m1/s1. The zero-order valence-electron chi connectivity index (χ0n) is 52.5. The van der Waals surface area contributed by atoms with Crippen LogP contribution in [-0.2, 0) is 38.2 Å². The molecule has 2 fully saturated rings. The summed E-state index contributed by atoms with van der Waals surface area (Å²) < 4.78 is 12.2. The van der Waals surface area contributed by atoms with Gasteiger partial charge in [-0.2, -0.15) is 0 Å². The molecule has 7 amide bonds. The number of hydrogen-bond donors (Lipinski definition) is 6. The maximum absolute atomic E-state index is 14.8. The van der Waals surface area contributed by atoms with Gasteiger partial charge in [0.15, 0.2) is 0 Å². The summed E-state index contributed by atoms with van der Waals surface area (Å²) in [7, 11) is 1.69. The number of amides is 7. The summed E-state index contributed by atoms with van der Waals surface area (Å²) in [6, 6.07) is 19.1. The fourth-order valence-corrected chi connectivity index (χ4v) is 10.4. The highest BCUT2D eigenvalue weighted by Gasteiger charge is 2.48. The van der Waals surface area contributed by atoms with Gasteiger partial charge in [0.1, 0.15) is 23.9 Å². The van der Waals surface area contributed by atoms with Crippen molar-refractivity contribution in [2.45, 2.75) is 177 Å². The van der Waals surface area contributed by atoms with E-state index in [1.807, 2.05) is 109 Å². The average molecular weight is 1160 g/mol. The second-order valence-corrected chi connectivity index (χ2v) is 26.1. The van der Waals surface area contributed by atoms with Gasteiger partial charge in [-0.1, -0.05) is 144 Å². The Morgan fingerprint density at radius 2 is 0.988 bits per heavy atom. The fraction of sp³-hybridized carbons (Fsp3) is 0.606. The maximum Gasteiger partial charge on any atom is 0.251 e. The van der Waals surface area contributed by atoms with Crippen molar-refractivity contribution in [1.29, 1.82) is 0 Å². The molecule has 0 spiro atoms. The molecule has 18 nitrogen and oxygen atoms in total. The molecule has 0 radical (unpaired) electrons. The fourth-order valence-electron chi connectivity index (χ4n) is 10.4. The van der Waals surface area contributed by atoms with Crippen molar-refractivity contribution in [2.75, 3.05) is 46.6 Å². The van der Waals surface area contributed by atoms with E-state index in [1.54, 1.807) is 20.9 Å². The molecule has 18 heteroatoms. The van der Waals surface area contributed by atoms with Gasteiger partial charge in [0.2, 0.25) is 29.5 Å². The van der Waals surface area contributed by atoms with E-state index < -0.39 is 94.6 Å². The molecule has 0 saturated carbocycles. The smallest absolute Gasteiger partial charge is 0.251 e. The zero-order valence-corrected chi connectivity index (χ0v) is 52.5. The minimum atomic E-state index is -1.02. The molecule has 2 heterocycles. The lowest BCUT2D eigenvalue weighted by molar-refractivity contribution is -0.146. The third-order valence-electron chi connectivity index (χ3n) is 16.3. The van der Waals surface area contributed by atoms with Crippen LogP contribution in [0.3, 0.4) is 0 Å². The van der Waals surface area contributed by atoms with Gasteiger partial charge < -0.3 is 51.2 Å². The molecule has 5 rings (SSSR count). The van der Waals surface area contributed by atoms with E-state index in [0.717, 1.165) is 24.0 Å². The molecule has 6 N–H and O–H groups in total. The Morgan fingerprint density at radius 3 is 1.36 bits per heavy atom. The molecular formula is C66H98N8O10. The number of benzene rings is 3. The molecule has 2 saturated heterocycles. The third-order valence-corrected chi connectivity index (χ3v) is 16.3. The van der Waals surface area contributed by atoms with Gasteiger partial charge in [0.25, 0.3) is 11.8 Å². The van der Waals surface area contributed by atoms with Gasteiger partial charge in [0, 0.05) is 67.8 Å². The summed E-state index contributed by atoms with van der Waals surface area (Å²) >= 11 is 0. The van der Waals surface area contributed by atoms with Gasteiger partial charge >= 0.3 is 0 Å². The monoisotopic (exact) mass is 1160 g/mol. The van der Waals surface area contributed by atoms with Crippen LogP contribution in [0.4, 0.5) is 0 Å². The number of carbonyl (C=O) groups is 8.